The van der Waals surface area contributed by atoms with Gasteiger partial charge in [-0.15, -0.1) is 0 Å². The molecule has 0 aliphatic heterocycles. The highest BCUT2D eigenvalue weighted by Gasteiger charge is 2.37. The third-order valence-electron chi connectivity index (χ3n) is 4.37. The molecule has 1 heteroatoms. The molecule has 0 nitrogen and oxygen atoms in total. The van der Waals surface area contributed by atoms with Crippen LogP contribution in [0.3, 0.4) is 0 Å². The van der Waals surface area contributed by atoms with E-state index in [0.29, 0.717) is 0 Å². The summed E-state index contributed by atoms with van der Waals surface area (Å²) in [6.07, 6.45) is 7.13. The number of rotatable bonds is 3. The summed E-state index contributed by atoms with van der Waals surface area (Å²) < 4.78 is 0. The maximum Gasteiger partial charge on any atom is 0.0985 e. The van der Waals surface area contributed by atoms with Gasteiger partial charge in [-0.2, -0.15) is 0 Å². The Morgan fingerprint density at radius 2 is 1.63 bits per heavy atom. The van der Waals surface area contributed by atoms with E-state index in [1.54, 1.807) is 10.7 Å². The first-order valence-electron chi connectivity index (χ1n) is 7.21. The van der Waals surface area contributed by atoms with E-state index < -0.39 is 8.07 Å². The highest BCUT2D eigenvalue weighted by atomic mass is 28.3. The van der Waals surface area contributed by atoms with Crippen LogP contribution in [0.25, 0.3) is 0 Å². The summed E-state index contributed by atoms with van der Waals surface area (Å²) in [5.74, 6) is 0. The zero-order chi connectivity index (χ0) is 14.1. The summed E-state index contributed by atoms with van der Waals surface area (Å²) in [6, 6.07) is 12.3. The van der Waals surface area contributed by atoms with Gasteiger partial charge in [0.2, 0.25) is 0 Å². The van der Waals surface area contributed by atoms with Crippen molar-refractivity contribution in [3.63, 3.8) is 0 Å². The molecule has 101 valence electrons. The molecular formula is C18H25Si. The van der Waals surface area contributed by atoms with Crippen molar-refractivity contribution in [3.8, 4) is 0 Å². The molecule has 0 N–H and O–H groups in total. The number of benzene rings is 1. The first kappa shape index (κ1) is 14.3. The van der Waals surface area contributed by atoms with Crippen LogP contribution in [0.4, 0.5) is 0 Å². The molecule has 1 aromatic carbocycles. The molecule has 0 bridgehead atoms. The van der Waals surface area contributed by atoms with Gasteiger partial charge in [-0.1, -0.05) is 94.0 Å². The van der Waals surface area contributed by atoms with Crippen molar-refractivity contribution in [3.05, 3.63) is 59.7 Å². The van der Waals surface area contributed by atoms with Crippen LogP contribution in [0, 0.1) is 11.0 Å². The largest absolute Gasteiger partial charge is 0.0985 e. The Kier molecular flexibility index (Phi) is 3.87. The van der Waals surface area contributed by atoms with Gasteiger partial charge in [0, 0.05) is 5.54 Å². The zero-order valence-corrected chi connectivity index (χ0v) is 13.8. The third kappa shape index (κ3) is 2.76. The molecule has 0 spiro atoms. The second kappa shape index (κ2) is 5.13. The maximum atomic E-state index is 2.49. The fourth-order valence-electron chi connectivity index (χ4n) is 2.63. The van der Waals surface area contributed by atoms with Crippen LogP contribution in [0.5, 0.6) is 0 Å². The van der Waals surface area contributed by atoms with E-state index in [-0.39, 0.29) is 5.41 Å². The van der Waals surface area contributed by atoms with Crippen LogP contribution in [0.15, 0.2) is 54.1 Å². The van der Waals surface area contributed by atoms with Gasteiger partial charge < -0.3 is 0 Å². The van der Waals surface area contributed by atoms with Crippen molar-refractivity contribution in [2.75, 3.05) is 0 Å². The van der Waals surface area contributed by atoms with Gasteiger partial charge in [0.1, 0.15) is 0 Å². The van der Waals surface area contributed by atoms with Gasteiger partial charge >= 0.3 is 0 Å². The first-order valence-corrected chi connectivity index (χ1v) is 9.92. The van der Waals surface area contributed by atoms with Crippen molar-refractivity contribution in [1.29, 1.82) is 0 Å². The van der Waals surface area contributed by atoms with Crippen LogP contribution in [-0.4, -0.2) is 8.07 Å². The molecule has 0 aromatic heterocycles. The zero-order valence-electron chi connectivity index (χ0n) is 12.8. The Labute approximate surface area is 119 Å². The van der Waals surface area contributed by atoms with Crippen LogP contribution >= 0.6 is 0 Å². The standard InChI is InChI=1S/C18H25Si/c1-6-19(5,16-10-8-7-9-11-16)17-13-12-15(14-17)18(2,3)4/h7-14H,6H2,1-5H3. The van der Waals surface area contributed by atoms with Crippen molar-refractivity contribution >= 4 is 13.3 Å². The summed E-state index contributed by atoms with van der Waals surface area (Å²) in [4.78, 5) is 0. The van der Waals surface area contributed by atoms with Crippen molar-refractivity contribution in [2.45, 2.75) is 40.3 Å². The SMILES string of the molecule is CC[Si](C)([C]1C=CC(C(C)(C)C)=C1)c1ccccc1. The topological polar surface area (TPSA) is 0 Å². The Hall–Kier alpha value is -1.08. The number of hydrogen-bond acceptors (Lipinski definition) is 0. The molecule has 0 heterocycles. The highest BCUT2D eigenvalue weighted by molar-refractivity contribution is 6.96. The molecule has 0 saturated heterocycles. The molecule has 1 aromatic rings. The Morgan fingerprint density at radius 3 is 2.11 bits per heavy atom. The number of allylic oxidation sites excluding steroid dienone is 4. The fourth-order valence-corrected chi connectivity index (χ4v) is 5.64. The van der Waals surface area contributed by atoms with E-state index in [4.69, 9.17) is 0 Å². The van der Waals surface area contributed by atoms with E-state index >= 15 is 0 Å². The average molecular weight is 269 g/mol. The Balaban J connectivity index is 2.35. The Morgan fingerprint density at radius 1 is 1.00 bits per heavy atom. The van der Waals surface area contributed by atoms with Crippen LogP contribution in [-0.2, 0) is 0 Å². The van der Waals surface area contributed by atoms with Crippen LogP contribution < -0.4 is 5.19 Å². The first-order chi connectivity index (χ1) is 8.88. The highest BCUT2D eigenvalue weighted by Crippen LogP contribution is 2.37. The minimum absolute atomic E-state index is 0.248. The minimum atomic E-state index is -1.53. The third-order valence-corrected chi connectivity index (χ3v) is 8.98. The maximum absolute atomic E-state index is 2.49. The van der Waals surface area contributed by atoms with Gasteiger partial charge in [0.05, 0.1) is 8.07 Å². The van der Waals surface area contributed by atoms with Gasteiger partial charge in [0.25, 0.3) is 0 Å². The van der Waals surface area contributed by atoms with Crippen LogP contribution in [0.2, 0.25) is 12.6 Å². The van der Waals surface area contributed by atoms with Gasteiger partial charge in [0.15, 0.2) is 0 Å². The molecule has 0 saturated carbocycles. The lowest BCUT2D eigenvalue weighted by Gasteiger charge is -2.31. The molecule has 2 rings (SSSR count). The predicted molar refractivity (Wildman–Crippen MR) is 88.1 cm³/mol. The summed E-state index contributed by atoms with van der Waals surface area (Å²) in [6.45, 7) is 11.7. The lowest BCUT2D eigenvalue weighted by molar-refractivity contribution is 0.518. The fraction of sp³-hybridized carbons (Fsp3) is 0.389. The predicted octanol–water partition coefficient (Wildman–Crippen LogP) is 4.65. The lowest BCUT2D eigenvalue weighted by atomic mass is 9.87. The van der Waals surface area contributed by atoms with E-state index in [2.05, 4.69) is 82.8 Å². The second-order valence-corrected chi connectivity index (χ2v) is 11.2. The van der Waals surface area contributed by atoms with Gasteiger partial charge in [-0.3, -0.25) is 0 Å². The van der Waals surface area contributed by atoms with E-state index in [0.717, 1.165) is 0 Å². The van der Waals surface area contributed by atoms with Gasteiger partial charge in [-0.25, -0.2) is 0 Å². The molecule has 0 amide bonds. The molecule has 19 heavy (non-hydrogen) atoms. The molecule has 1 aliphatic carbocycles. The van der Waals surface area contributed by atoms with E-state index in [1.165, 1.54) is 11.6 Å². The van der Waals surface area contributed by atoms with Gasteiger partial charge in [-0.05, 0) is 11.0 Å². The smallest absolute Gasteiger partial charge is 0.0757 e. The molecule has 1 unspecified atom stereocenters. The van der Waals surface area contributed by atoms with Crippen LogP contribution in [0.1, 0.15) is 27.7 Å². The summed E-state index contributed by atoms with van der Waals surface area (Å²) >= 11 is 0. The monoisotopic (exact) mass is 269 g/mol. The normalized spacial score (nSPS) is 19.3. The molecule has 1 aliphatic rings. The summed E-state index contributed by atoms with van der Waals surface area (Å²) in [7, 11) is -1.53. The Bertz CT molecular complexity index is 490. The van der Waals surface area contributed by atoms with E-state index in [9.17, 15) is 0 Å². The molecule has 0 fully saturated rings. The van der Waals surface area contributed by atoms with Crippen molar-refractivity contribution < 1.29 is 0 Å². The quantitative estimate of drug-likeness (QED) is 0.701. The van der Waals surface area contributed by atoms with E-state index in [1.807, 2.05) is 0 Å². The van der Waals surface area contributed by atoms with Crippen molar-refractivity contribution in [2.24, 2.45) is 5.41 Å². The van der Waals surface area contributed by atoms with Crippen molar-refractivity contribution in [1.82, 2.24) is 0 Å². The lowest BCUT2D eigenvalue weighted by Crippen LogP contribution is -2.48. The molecular weight excluding hydrogens is 244 g/mol. The average Bonchev–Trinajstić information content (AvgIpc) is 2.89. The summed E-state index contributed by atoms with van der Waals surface area (Å²) in [5, 5.41) is 1.54. The second-order valence-electron chi connectivity index (χ2n) is 6.69. The molecule has 1 atom stereocenters. The minimum Gasteiger partial charge on any atom is -0.0757 e. The summed E-state index contributed by atoms with van der Waals surface area (Å²) in [5.41, 5.74) is 3.29. The number of hydrogen-bond donors (Lipinski definition) is 0. The molecule has 1 radical (unpaired) electrons.